The molecule has 0 radical (unpaired) electrons. The molecule has 3 aromatic carbocycles. The zero-order valence-electron chi connectivity index (χ0n) is 15.2. The van der Waals surface area contributed by atoms with Crippen LogP contribution >= 0.6 is 0 Å². The molecule has 0 amide bonds. The summed E-state index contributed by atoms with van der Waals surface area (Å²) < 4.78 is 11.7. The van der Waals surface area contributed by atoms with Crippen LogP contribution in [0.5, 0.6) is 11.5 Å². The summed E-state index contributed by atoms with van der Waals surface area (Å²) in [4.78, 5) is 4.49. The van der Waals surface area contributed by atoms with Crippen LogP contribution in [0.4, 0.5) is 5.69 Å². The van der Waals surface area contributed by atoms with Crippen molar-refractivity contribution in [3.05, 3.63) is 89.5 Å². The van der Waals surface area contributed by atoms with Crippen molar-refractivity contribution in [3.8, 4) is 11.5 Å². The average molecular weight is 345 g/mol. The summed E-state index contributed by atoms with van der Waals surface area (Å²) in [6.07, 6.45) is 1.83. The van der Waals surface area contributed by atoms with Gasteiger partial charge in [-0.3, -0.25) is 4.99 Å². The maximum Gasteiger partial charge on any atom is 0.161 e. The molecule has 3 heteroatoms. The molecule has 0 unspecified atom stereocenters. The standard InChI is InChI=1S/C23H23NO2/c1-3-25-23-15-20(16-24-21-7-5-4-6-8-21)13-14-22(23)26-17-19-11-9-18(2)10-12-19/h4-16H,3,17H2,1-2H3. The number of aliphatic imine (C=N–C) groups is 1. The Kier molecular flexibility index (Phi) is 6.05. The van der Waals surface area contributed by atoms with E-state index >= 15 is 0 Å². The Hall–Kier alpha value is -3.07. The third-order valence-electron chi connectivity index (χ3n) is 3.90. The predicted octanol–water partition coefficient (Wildman–Crippen LogP) is 5.72. The van der Waals surface area contributed by atoms with Crippen LogP contribution in [0.2, 0.25) is 0 Å². The highest BCUT2D eigenvalue weighted by atomic mass is 16.5. The van der Waals surface area contributed by atoms with E-state index in [4.69, 9.17) is 9.47 Å². The molecule has 132 valence electrons. The highest BCUT2D eigenvalue weighted by Crippen LogP contribution is 2.29. The summed E-state index contributed by atoms with van der Waals surface area (Å²) in [5.74, 6) is 1.47. The number of para-hydroxylation sites is 1. The van der Waals surface area contributed by atoms with Crippen LogP contribution in [-0.4, -0.2) is 12.8 Å². The Labute approximate surface area is 154 Å². The molecule has 0 aliphatic heterocycles. The molecule has 0 saturated heterocycles. The van der Waals surface area contributed by atoms with E-state index in [1.165, 1.54) is 5.56 Å². The van der Waals surface area contributed by atoms with Gasteiger partial charge in [0.1, 0.15) is 6.61 Å². The summed E-state index contributed by atoms with van der Waals surface area (Å²) in [5.41, 5.74) is 4.27. The summed E-state index contributed by atoms with van der Waals surface area (Å²) >= 11 is 0. The summed E-state index contributed by atoms with van der Waals surface area (Å²) in [6.45, 7) is 5.14. The van der Waals surface area contributed by atoms with Gasteiger partial charge in [0, 0.05) is 6.21 Å². The molecule has 0 aliphatic rings. The van der Waals surface area contributed by atoms with E-state index in [-0.39, 0.29) is 0 Å². The predicted molar refractivity (Wildman–Crippen MR) is 107 cm³/mol. The minimum absolute atomic E-state index is 0.512. The average Bonchev–Trinajstić information content (AvgIpc) is 2.68. The molecule has 0 spiro atoms. The largest absolute Gasteiger partial charge is 0.490 e. The first-order chi connectivity index (χ1) is 12.7. The molecule has 0 saturated carbocycles. The monoisotopic (exact) mass is 345 g/mol. The van der Waals surface area contributed by atoms with Gasteiger partial charge in [-0.05, 0) is 55.3 Å². The van der Waals surface area contributed by atoms with Crippen LogP contribution in [0.3, 0.4) is 0 Å². The van der Waals surface area contributed by atoms with Gasteiger partial charge in [0.05, 0.1) is 12.3 Å². The van der Waals surface area contributed by atoms with Crippen molar-refractivity contribution in [2.24, 2.45) is 4.99 Å². The number of aryl methyl sites for hydroxylation is 1. The lowest BCUT2D eigenvalue weighted by molar-refractivity contribution is 0.269. The molecule has 0 aromatic heterocycles. The van der Waals surface area contributed by atoms with Gasteiger partial charge in [-0.15, -0.1) is 0 Å². The van der Waals surface area contributed by atoms with Crippen LogP contribution in [0, 0.1) is 6.92 Å². The Morgan fingerprint density at radius 1 is 0.846 bits per heavy atom. The lowest BCUT2D eigenvalue weighted by atomic mass is 10.1. The maximum absolute atomic E-state index is 5.96. The summed E-state index contributed by atoms with van der Waals surface area (Å²) in [7, 11) is 0. The molecule has 3 nitrogen and oxygen atoms in total. The molecule has 0 bridgehead atoms. The molecular formula is C23H23NO2. The van der Waals surface area contributed by atoms with Gasteiger partial charge in [-0.25, -0.2) is 0 Å². The van der Waals surface area contributed by atoms with E-state index in [1.54, 1.807) is 0 Å². The summed E-state index contributed by atoms with van der Waals surface area (Å²) in [6, 6.07) is 24.1. The van der Waals surface area contributed by atoms with Gasteiger partial charge < -0.3 is 9.47 Å². The fourth-order valence-electron chi connectivity index (χ4n) is 2.50. The number of ether oxygens (including phenoxy) is 2. The second-order valence-electron chi connectivity index (χ2n) is 6.01. The minimum atomic E-state index is 0.512. The molecule has 0 heterocycles. The first-order valence-electron chi connectivity index (χ1n) is 8.79. The molecule has 0 fully saturated rings. The highest BCUT2D eigenvalue weighted by Gasteiger charge is 2.06. The quantitative estimate of drug-likeness (QED) is 0.513. The van der Waals surface area contributed by atoms with Gasteiger partial charge >= 0.3 is 0 Å². The molecule has 0 N–H and O–H groups in total. The molecule has 3 rings (SSSR count). The molecule has 0 atom stereocenters. The number of nitrogens with zero attached hydrogens (tertiary/aromatic N) is 1. The van der Waals surface area contributed by atoms with E-state index in [0.717, 1.165) is 28.3 Å². The van der Waals surface area contributed by atoms with Crippen molar-refractivity contribution in [2.45, 2.75) is 20.5 Å². The number of hydrogen-bond acceptors (Lipinski definition) is 3. The van der Waals surface area contributed by atoms with Crippen LogP contribution in [0.1, 0.15) is 23.6 Å². The van der Waals surface area contributed by atoms with Crippen molar-refractivity contribution >= 4 is 11.9 Å². The Morgan fingerprint density at radius 2 is 1.62 bits per heavy atom. The van der Waals surface area contributed by atoms with Gasteiger partial charge in [0.15, 0.2) is 11.5 Å². The van der Waals surface area contributed by atoms with Crippen LogP contribution in [0.25, 0.3) is 0 Å². The number of hydrogen-bond donors (Lipinski definition) is 0. The zero-order valence-corrected chi connectivity index (χ0v) is 15.2. The van der Waals surface area contributed by atoms with Gasteiger partial charge in [0.25, 0.3) is 0 Å². The van der Waals surface area contributed by atoms with Crippen molar-refractivity contribution in [2.75, 3.05) is 6.61 Å². The first kappa shape index (κ1) is 17.7. The minimum Gasteiger partial charge on any atom is -0.490 e. The van der Waals surface area contributed by atoms with E-state index in [2.05, 4.69) is 36.2 Å². The lowest BCUT2D eigenvalue weighted by Crippen LogP contribution is -2.00. The third kappa shape index (κ3) is 4.96. The zero-order chi connectivity index (χ0) is 18.2. The fraction of sp³-hybridized carbons (Fsp3) is 0.174. The topological polar surface area (TPSA) is 30.8 Å². The van der Waals surface area contributed by atoms with E-state index < -0.39 is 0 Å². The second-order valence-corrected chi connectivity index (χ2v) is 6.01. The van der Waals surface area contributed by atoms with Gasteiger partial charge in [-0.2, -0.15) is 0 Å². The van der Waals surface area contributed by atoms with E-state index in [1.807, 2.05) is 61.7 Å². The fourth-order valence-corrected chi connectivity index (χ4v) is 2.50. The molecule has 26 heavy (non-hydrogen) atoms. The second kappa shape index (κ2) is 8.86. The van der Waals surface area contributed by atoms with Crippen molar-refractivity contribution in [1.82, 2.24) is 0 Å². The Balaban J connectivity index is 1.73. The summed E-state index contributed by atoms with van der Waals surface area (Å²) in [5, 5.41) is 0. The number of rotatable bonds is 7. The van der Waals surface area contributed by atoms with Crippen molar-refractivity contribution < 1.29 is 9.47 Å². The van der Waals surface area contributed by atoms with Crippen molar-refractivity contribution in [3.63, 3.8) is 0 Å². The van der Waals surface area contributed by atoms with E-state index in [0.29, 0.717) is 13.2 Å². The smallest absolute Gasteiger partial charge is 0.161 e. The highest BCUT2D eigenvalue weighted by molar-refractivity contribution is 5.83. The van der Waals surface area contributed by atoms with Crippen LogP contribution in [-0.2, 0) is 6.61 Å². The first-order valence-corrected chi connectivity index (χ1v) is 8.79. The molecule has 0 aliphatic carbocycles. The van der Waals surface area contributed by atoms with Gasteiger partial charge in [-0.1, -0.05) is 48.0 Å². The maximum atomic E-state index is 5.96. The van der Waals surface area contributed by atoms with Gasteiger partial charge in [0.2, 0.25) is 0 Å². The lowest BCUT2D eigenvalue weighted by Gasteiger charge is -2.12. The third-order valence-corrected chi connectivity index (χ3v) is 3.90. The SMILES string of the molecule is CCOc1cc(C=Nc2ccccc2)ccc1OCc1ccc(C)cc1. The van der Waals surface area contributed by atoms with E-state index in [9.17, 15) is 0 Å². The van der Waals surface area contributed by atoms with Crippen molar-refractivity contribution in [1.29, 1.82) is 0 Å². The molecular weight excluding hydrogens is 322 g/mol. The normalized spacial score (nSPS) is 10.8. The Bertz CT molecular complexity index is 855. The number of benzene rings is 3. The van der Waals surface area contributed by atoms with Crippen LogP contribution in [0.15, 0.2) is 77.8 Å². The van der Waals surface area contributed by atoms with Crippen LogP contribution < -0.4 is 9.47 Å². The Morgan fingerprint density at radius 3 is 2.35 bits per heavy atom. The molecule has 3 aromatic rings.